The number of amides is 2. The summed E-state index contributed by atoms with van der Waals surface area (Å²) in [6, 6.07) is 7.62. The molecule has 0 aromatic heterocycles. The number of carbonyl (C=O) groups is 2. The number of carbonyl (C=O) groups excluding carboxylic acids is 2. The number of fused-ring (bicyclic) bond motifs is 1. The van der Waals surface area contributed by atoms with E-state index < -0.39 is 0 Å². The summed E-state index contributed by atoms with van der Waals surface area (Å²) in [4.78, 5) is 24.4. The van der Waals surface area contributed by atoms with E-state index in [9.17, 15) is 9.59 Å². The average molecular weight is 359 g/mol. The molecule has 1 aromatic carbocycles. The molecule has 0 spiro atoms. The van der Waals surface area contributed by atoms with Gasteiger partial charge in [0.1, 0.15) is 0 Å². The van der Waals surface area contributed by atoms with E-state index >= 15 is 0 Å². The Labute approximate surface area is 154 Å². The van der Waals surface area contributed by atoms with Gasteiger partial charge in [0.15, 0.2) is 0 Å². The zero-order valence-corrected chi connectivity index (χ0v) is 15.3. The lowest BCUT2D eigenvalue weighted by Gasteiger charge is -2.25. The molecule has 2 heterocycles. The first-order chi connectivity index (χ1) is 12.7. The van der Waals surface area contributed by atoms with Crippen molar-refractivity contribution < 1.29 is 9.59 Å². The van der Waals surface area contributed by atoms with E-state index in [4.69, 9.17) is 0 Å². The number of rotatable bonds is 7. The maximum atomic E-state index is 12.4. The zero-order chi connectivity index (χ0) is 18.4. The first-order valence-corrected chi connectivity index (χ1v) is 9.54. The number of hydrogen-bond donors (Lipinski definition) is 5. The van der Waals surface area contributed by atoms with Crippen LogP contribution in [0.1, 0.15) is 42.1 Å². The molecule has 0 radical (unpaired) electrons. The molecule has 2 aliphatic heterocycles. The Kier molecular flexibility index (Phi) is 6.60. The molecule has 0 bridgehead atoms. The van der Waals surface area contributed by atoms with E-state index in [0.717, 1.165) is 44.5 Å². The Morgan fingerprint density at radius 3 is 2.77 bits per heavy atom. The van der Waals surface area contributed by atoms with E-state index in [1.54, 1.807) is 12.1 Å². The summed E-state index contributed by atoms with van der Waals surface area (Å²) >= 11 is 0. The van der Waals surface area contributed by atoms with E-state index in [-0.39, 0.29) is 17.9 Å². The van der Waals surface area contributed by atoms with Crippen LogP contribution < -0.4 is 26.8 Å². The van der Waals surface area contributed by atoms with Gasteiger partial charge in [0, 0.05) is 31.2 Å². The van der Waals surface area contributed by atoms with Gasteiger partial charge in [-0.3, -0.25) is 15.0 Å². The molecule has 3 rings (SSSR count). The monoisotopic (exact) mass is 359 g/mol. The SMILES string of the molecule is CCCNNC(=O)c1ccc(CNC(=O)C2CC3CCNCC3N2)cc1. The normalized spacial score (nSPS) is 24.7. The standard InChI is InChI=1S/C19H29N5O2/c1-2-8-22-24-18(25)14-5-3-13(4-6-14)11-21-19(26)16-10-15-7-9-20-12-17(15)23-16/h3-6,15-17,20,22-23H,2,7-12H2,1H3,(H,21,26)(H,24,25). The predicted molar refractivity (Wildman–Crippen MR) is 100 cm³/mol. The molecule has 3 unspecified atom stereocenters. The predicted octanol–water partition coefficient (Wildman–Crippen LogP) is 0.287. The number of benzene rings is 1. The minimum Gasteiger partial charge on any atom is -0.351 e. The third kappa shape index (κ3) is 4.81. The lowest BCUT2D eigenvalue weighted by Crippen LogP contribution is -2.47. The Hall–Kier alpha value is -1.96. The Morgan fingerprint density at radius 1 is 1.23 bits per heavy atom. The van der Waals surface area contributed by atoms with Crippen molar-refractivity contribution >= 4 is 11.8 Å². The fourth-order valence-electron chi connectivity index (χ4n) is 3.63. The van der Waals surface area contributed by atoms with Crippen molar-refractivity contribution in [3.05, 3.63) is 35.4 Å². The lowest BCUT2D eigenvalue weighted by atomic mass is 9.92. The second kappa shape index (κ2) is 9.12. The second-order valence-electron chi connectivity index (χ2n) is 7.11. The van der Waals surface area contributed by atoms with Crippen LogP contribution in [0.5, 0.6) is 0 Å². The first-order valence-electron chi connectivity index (χ1n) is 9.54. The minimum atomic E-state index is -0.152. The molecule has 26 heavy (non-hydrogen) atoms. The van der Waals surface area contributed by atoms with Gasteiger partial charge in [-0.2, -0.15) is 0 Å². The molecule has 2 fully saturated rings. The lowest BCUT2D eigenvalue weighted by molar-refractivity contribution is -0.123. The molecule has 2 aliphatic rings. The molecule has 5 N–H and O–H groups in total. The maximum Gasteiger partial charge on any atom is 0.265 e. The molecule has 0 aliphatic carbocycles. The molecule has 7 nitrogen and oxygen atoms in total. The van der Waals surface area contributed by atoms with Crippen LogP contribution in [0.15, 0.2) is 24.3 Å². The summed E-state index contributed by atoms with van der Waals surface area (Å²) in [5.74, 6) is 0.511. The Morgan fingerprint density at radius 2 is 2.04 bits per heavy atom. The van der Waals surface area contributed by atoms with E-state index in [0.29, 0.717) is 24.1 Å². The third-order valence-electron chi connectivity index (χ3n) is 5.16. The van der Waals surface area contributed by atoms with Crippen LogP contribution in [-0.2, 0) is 11.3 Å². The van der Waals surface area contributed by atoms with Crippen molar-refractivity contribution in [3.63, 3.8) is 0 Å². The van der Waals surface area contributed by atoms with Crippen molar-refractivity contribution in [2.75, 3.05) is 19.6 Å². The smallest absolute Gasteiger partial charge is 0.265 e. The van der Waals surface area contributed by atoms with Crippen LogP contribution in [0.3, 0.4) is 0 Å². The number of piperidine rings is 1. The molecule has 142 valence electrons. The summed E-state index contributed by atoms with van der Waals surface area (Å²) in [6.45, 7) is 5.24. The van der Waals surface area contributed by atoms with Crippen LogP contribution >= 0.6 is 0 Å². The van der Waals surface area contributed by atoms with Gasteiger partial charge in [0.05, 0.1) is 6.04 Å². The number of hydrazine groups is 1. The van der Waals surface area contributed by atoms with E-state index in [1.165, 1.54) is 0 Å². The first kappa shape index (κ1) is 18.8. The van der Waals surface area contributed by atoms with Crippen LogP contribution in [-0.4, -0.2) is 43.5 Å². The molecule has 2 saturated heterocycles. The van der Waals surface area contributed by atoms with Gasteiger partial charge in [0.2, 0.25) is 5.91 Å². The van der Waals surface area contributed by atoms with Crippen molar-refractivity contribution in [1.29, 1.82) is 0 Å². The third-order valence-corrected chi connectivity index (χ3v) is 5.16. The van der Waals surface area contributed by atoms with Gasteiger partial charge in [-0.15, -0.1) is 0 Å². The van der Waals surface area contributed by atoms with Crippen molar-refractivity contribution in [3.8, 4) is 0 Å². The number of nitrogens with one attached hydrogen (secondary N) is 5. The highest BCUT2D eigenvalue weighted by Gasteiger charge is 2.38. The minimum absolute atomic E-state index is 0.0602. The Balaban J connectivity index is 1.44. The van der Waals surface area contributed by atoms with Gasteiger partial charge >= 0.3 is 0 Å². The van der Waals surface area contributed by atoms with Gasteiger partial charge in [-0.1, -0.05) is 19.1 Å². The maximum absolute atomic E-state index is 12.4. The summed E-state index contributed by atoms with van der Waals surface area (Å²) in [5.41, 5.74) is 7.11. The quantitative estimate of drug-likeness (QED) is 0.356. The fraction of sp³-hybridized carbons (Fsp3) is 0.579. The second-order valence-corrected chi connectivity index (χ2v) is 7.11. The average Bonchev–Trinajstić information content (AvgIpc) is 3.11. The molecule has 1 aromatic rings. The van der Waals surface area contributed by atoms with Crippen LogP contribution in [0.2, 0.25) is 0 Å². The largest absolute Gasteiger partial charge is 0.351 e. The zero-order valence-electron chi connectivity index (χ0n) is 15.3. The molecule has 2 amide bonds. The number of hydrogen-bond acceptors (Lipinski definition) is 5. The summed E-state index contributed by atoms with van der Waals surface area (Å²) < 4.78 is 0. The van der Waals surface area contributed by atoms with Gasteiger partial charge in [0.25, 0.3) is 5.91 Å². The van der Waals surface area contributed by atoms with Gasteiger partial charge in [-0.05, 0) is 49.4 Å². The topological polar surface area (TPSA) is 94.3 Å². The van der Waals surface area contributed by atoms with Crippen LogP contribution in [0, 0.1) is 5.92 Å². The van der Waals surface area contributed by atoms with Crippen LogP contribution in [0.25, 0.3) is 0 Å². The molecule has 0 saturated carbocycles. The molecule has 3 atom stereocenters. The highest BCUT2D eigenvalue weighted by Crippen LogP contribution is 2.25. The molecule has 7 heteroatoms. The van der Waals surface area contributed by atoms with Crippen molar-refractivity contribution in [2.24, 2.45) is 5.92 Å². The highest BCUT2D eigenvalue weighted by molar-refractivity contribution is 5.93. The van der Waals surface area contributed by atoms with E-state index in [2.05, 4.69) is 26.8 Å². The summed E-state index contributed by atoms with van der Waals surface area (Å²) in [7, 11) is 0. The molecular weight excluding hydrogens is 330 g/mol. The fourth-order valence-corrected chi connectivity index (χ4v) is 3.63. The van der Waals surface area contributed by atoms with Gasteiger partial charge in [-0.25, -0.2) is 5.43 Å². The van der Waals surface area contributed by atoms with Gasteiger partial charge < -0.3 is 16.0 Å². The van der Waals surface area contributed by atoms with Crippen molar-refractivity contribution in [1.82, 2.24) is 26.8 Å². The summed E-state index contributed by atoms with van der Waals surface area (Å²) in [5, 5.41) is 9.82. The van der Waals surface area contributed by atoms with Crippen LogP contribution in [0.4, 0.5) is 0 Å². The Bertz CT molecular complexity index is 605. The summed E-state index contributed by atoms with van der Waals surface area (Å²) in [6.07, 6.45) is 3.01. The van der Waals surface area contributed by atoms with Crippen molar-refractivity contribution in [2.45, 2.75) is 44.8 Å². The molecular formula is C19H29N5O2. The highest BCUT2D eigenvalue weighted by atomic mass is 16.2. The van der Waals surface area contributed by atoms with E-state index in [1.807, 2.05) is 19.1 Å².